The van der Waals surface area contributed by atoms with Crippen molar-refractivity contribution in [3.05, 3.63) is 42.0 Å². The van der Waals surface area contributed by atoms with Crippen LogP contribution in [0.5, 0.6) is 5.75 Å². The zero-order valence-electron chi connectivity index (χ0n) is 10.8. The van der Waals surface area contributed by atoms with Crippen LogP contribution in [0.15, 0.2) is 34.9 Å². The molecule has 0 aliphatic rings. The number of benzene rings is 1. The highest BCUT2D eigenvalue weighted by molar-refractivity contribution is 5.77. The number of carbonyl (C=O) groups excluding carboxylic acids is 1. The highest BCUT2D eigenvalue weighted by atomic mass is 16.5. The van der Waals surface area contributed by atoms with Gasteiger partial charge in [-0.15, -0.1) is 0 Å². The molecule has 1 aromatic heterocycles. The fraction of sp³-hybridized carbons (Fsp3) is 0.308. The summed E-state index contributed by atoms with van der Waals surface area (Å²) in [7, 11) is 1.56. The lowest BCUT2D eigenvalue weighted by Crippen LogP contribution is -2.20. The van der Waals surface area contributed by atoms with E-state index in [1.165, 1.54) is 0 Å². The highest BCUT2D eigenvalue weighted by Gasteiger charge is 2.17. The third kappa shape index (κ3) is 3.54. The summed E-state index contributed by atoms with van der Waals surface area (Å²) >= 11 is 0. The summed E-state index contributed by atoms with van der Waals surface area (Å²) in [5, 5.41) is 6.24. The van der Waals surface area contributed by atoms with Crippen molar-refractivity contribution in [2.45, 2.75) is 19.4 Å². The molecule has 6 heteroatoms. The maximum Gasteiger partial charge on any atom is 0.267 e. The molecule has 100 valence electrons. The summed E-state index contributed by atoms with van der Waals surface area (Å²) in [5.74, 6) is 1.26. The molecule has 1 N–H and O–H groups in total. The molecule has 0 aliphatic carbocycles. The quantitative estimate of drug-likeness (QED) is 0.882. The number of para-hydroxylation sites is 1. The number of ether oxygens (including phenoxy) is 1. The monoisotopic (exact) mass is 261 g/mol. The smallest absolute Gasteiger partial charge is 0.267 e. The number of likely N-dealkylation sites (N-methyl/N-ethyl adjacent to an activating group) is 1. The van der Waals surface area contributed by atoms with Crippen LogP contribution in [0.25, 0.3) is 0 Å². The van der Waals surface area contributed by atoms with Crippen molar-refractivity contribution in [3.63, 3.8) is 0 Å². The van der Waals surface area contributed by atoms with Gasteiger partial charge < -0.3 is 14.6 Å². The molecule has 1 heterocycles. The number of nitrogens with zero attached hydrogens (tertiary/aromatic N) is 2. The van der Waals surface area contributed by atoms with E-state index < -0.39 is 0 Å². The fourth-order valence-corrected chi connectivity index (χ4v) is 1.49. The van der Waals surface area contributed by atoms with Crippen molar-refractivity contribution in [3.8, 4) is 5.75 Å². The lowest BCUT2D eigenvalue weighted by Gasteiger charge is -2.09. The minimum absolute atomic E-state index is 0.0953. The number of hydrogen-bond acceptors (Lipinski definition) is 5. The van der Waals surface area contributed by atoms with Gasteiger partial charge >= 0.3 is 0 Å². The van der Waals surface area contributed by atoms with Crippen LogP contribution < -0.4 is 10.1 Å². The van der Waals surface area contributed by atoms with Crippen molar-refractivity contribution < 1.29 is 14.1 Å². The van der Waals surface area contributed by atoms with E-state index in [0.29, 0.717) is 11.7 Å². The Morgan fingerprint density at radius 2 is 2.16 bits per heavy atom. The molecular formula is C13H15N3O3. The highest BCUT2D eigenvalue weighted by Crippen LogP contribution is 2.19. The number of aromatic nitrogens is 2. The second-order valence-electron chi connectivity index (χ2n) is 3.97. The molecule has 0 spiro atoms. The molecular weight excluding hydrogens is 246 g/mol. The summed E-state index contributed by atoms with van der Waals surface area (Å²) in [5.41, 5.74) is 0. The largest absolute Gasteiger partial charge is 0.481 e. The molecule has 19 heavy (non-hydrogen) atoms. The van der Waals surface area contributed by atoms with E-state index in [-0.39, 0.29) is 18.4 Å². The normalized spacial score (nSPS) is 11.9. The predicted octanol–water partition coefficient (Wildman–Crippen LogP) is 1.50. The average molecular weight is 261 g/mol. The van der Waals surface area contributed by atoms with Crippen molar-refractivity contribution in [1.29, 1.82) is 0 Å². The maximum absolute atomic E-state index is 11.2. The van der Waals surface area contributed by atoms with Crippen LogP contribution in [0, 0.1) is 0 Å². The third-order valence-electron chi connectivity index (χ3n) is 2.49. The van der Waals surface area contributed by atoms with Gasteiger partial charge in [0, 0.05) is 7.05 Å². The van der Waals surface area contributed by atoms with E-state index >= 15 is 0 Å². The Bertz CT molecular complexity index is 539. The molecule has 6 nitrogen and oxygen atoms in total. The first kappa shape index (κ1) is 13.1. The standard InChI is InChI=1S/C13H15N3O3/c1-9(18-10-6-4-3-5-7-10)13-15-11(16-19-13)8-12(17)14-2/h3-7,9H,8H2,1-2H3,(H,14,17). The molecule has 1 aromatic carbocycles. The number of amides is 1. The van der Waals surface area contributed by atoms with Crippen LogP contribution in [0.1, 0.15) is 24.7 Å². The number of carbonyl (C=O) groups is 1. The van der Waals surface area contributed by atoms with Crippen molar-refractivity contribution in [1.82, 2.24) is 15.5 Å². The Morgan fingerprint density at radius 1 is 1.42 bits per heavy atom. The number of rotatable bonds is 5. The zero-order valence-corrected chi connectivity index (χ0v) is 10.8. The van der Waals surface area contributed by atoms with E-state index in [0.717, 1.165) is 5.75 Å². The molecule has 1 atom stereocenters. The van der Waals surface area contributed by atoms with Gasteiger partial charge in [-0.3, -0.25) is 4.79 Å². The van der Waals surface area contributed by atoms with Gasteiger partial charge in [-0.25, -0.2) is 0 Å². The average Bonchev–Trinajstić information content (AvgIpc) is 2.88. The molecule has 0 saturated heterocycles. The summed E-state index contributed by atoms with van der Waals surface area (Å²) in [4.78, 5) is 15.3. The number of hydrogen-bond donors (Lipinski definition) is 1. The van der Waals surface area contributed by atoms with Crippen LogP contribution in [-0.4, -0.2) is 23.1 Å². The van der Waals surface area contributed by atoms with Crippen LogP contribution >= 0.6 is 0 Å². The summed E-state index contributed by atoms with van der Waals surface area (Å²) < 4.78 is 10.7. The second-order valence-corrected chi connectivity index (χ2v) is 3.97. The minimum Gasteiger partial charge on any atom is -0.481 e. The lowest BCUT2D eigenvalue weighted by molar-refractivity contribution is -0.120. The second kappa shape index (κ2) is 5.99. The van der Waals surface area contributed by atoms with Crippen LogP contribution in [0.2, 0.25) is 0 Å². The Kier molecular flexibility index (Phi) is 4.12. The van der Waals surface area contributed by atoms with Crippen molar-refractivity contribution in [2.24, 2.45) is 0 Å². The van der Waals surface area contributed by atoms with E-state index in [9.17, 15) is 4.79 Å². The summed E-state index contributed by atoms with van der Waals surface area (Å²) in [6.07, 6.45) is -0.272. The van der Waals surface area contributed by atoms with E-state index in [4.69, 9.17) is 9.26 Å². The fourth-order valence-electron chi connectivity index (χ4n) is 1.49. The Hall–Kier alpha value is -2.37. The first-order valence-electron chi connectivity index (χ1n) is 5.94. The SMILES string of the molecule is CNC(=O)Cc1noc(C(C)Oc2ccccc2)n1. The van der Waals surface area contributed by atoms with E-state index in [1.54, 1.807) is 7.05 Å². The molecule has 1 amide bonds. The van der Waals surface area contributed by atoms with Gasteiger partial charge in [0.1, 0.15) is 5.75 Å². The van der Waals surface area contributed by atoms with Gasteiger partial charge in [0.15, 0.2) is 11.9 Å². The van der Waals surface area contributed by atoms with Gasteiger partial charge in [0.2, 0.25) is 5.91 Å². The van der Waals surface area contributed by atoms with Gasteiger partial charge in [0.05, 0.1) is 6.42 Å². The molecule has 0 aliphatic heterocycles. The molecule has 0 saturated carbocycles. The van der Waals surface area contributed by atoms with Crippen molar-refractivity contribution >= 4 is 5.91 Å². The zero-order chi connectivity index (χ0) is 13.7. The maximum atomic E-state index is 11.2. The Balaban J connectivity index is 2.00. The Morgan fingerprint density at radius 3 is 2.84 bits per heavy atom. The van der Waals surface area contributed by atoms with E-state index in [2.05, 4.69) is 15.5 Å². The van der Waals surface area contributed by atoms with E-state index in [1.807, 2.05) is 37.3 Å². The van der Waals surface area contributed by atoms with Crippen LogP contribution in [0.3, 0.4) is 0 Å². The van der Waals surface area contributed by atoms with Gasteiger partial charge in [0.25, 0.3) is 5.89 Å². The minimum atomic E-state index is -0.367. The molecule has 2 aromatic rings. The lowest BCUT2D eigenvalue weighted by atomic mass is 10.3. The Labute approximate surface area is 110 Å². The van der Waals surface area contributed by atoms with Crippen LogP contribution in [0.4, 0.5) is 0 Å². The summed E-state index contributed by atoms with van der Waals surface area (Å²) in [6.45, 7) is 1.81. The molecule has 0 radical (unpaired) electrons. The molecule has 0 fully saturated rings. The molecule has 1 unspecified atom stereocenters. The van der Waals surface area contributed by atoms with Gasteiger partial charge in [-0.05, 0) is 19.1 Å². The summed E-state index contributed by atoms with van der Waals surface area (Å²) in [6, 6.07) is 9.36. The first-order valence-corrected chi connectivity index (χ1v) is 5.94. The van der Waals surface area contributed by atoms with Gasteiger partial charge in [-0.1, -0.05) is 23.4 Å². The molecule has 0 bridgehead atoms. The molecule has 2 rings (SSSR count). The van der Waals surface area contributed by atoms with Gasteiger partial charge in [-0.2, -0.15) is 4.98 Å². The predicted molar refractivity (Wildman–Crippen MR) is 67.6 cm³/mol. The van der Waals surface area contributed by atoms with Crippen molar-refractivity contribution in [2.75, 3.05) is 7.05 Å². The number of nitrogens with one attached hydrogen (secondary N) is 1. The third-order valence-corrected chi connectivity index (χ3v) is 2.49. The topological polar surface area (TPSA) is 77.2 Å². The van der Waals surface area contributed by atoms with Crippen LogP contribution in [-0.2, 0) is 11.2 Å². The first-order chi connectivity index (χ1) is 9.19.